The first-order valence-corrected chi connectivity index (χ1v) is 21.4. The summed E-state index contributed by atoms with van der Waals surface area (Å²) in [6.07, 6.45) is 52.9. The number of quaternary nitrogens is 1. The zero-order valence-corrected chi connectivity index (χ0v) is 36.2. The molecular formula is C49H78NO7+. The number of allylic oxidation sites excluding steroid dienone is 18. The van der Waals surface area contributed by atoms with Crippen molar-refractivity contribution in [1.82, 2.24) is 0 Å². The number of hydrogen-bond acceptors (Lipinski definition) is 6. The molecule has 57 heavy (non-hydrogen) atoms. The third-order valence-corrected chi connectivity index (χ3v) is 8.68. The molecule has 0 aromatic rings. The molecule has 2 atom stereocenters. The molecule has 0 aliphatic carbocycles. The maximum atomic E-state index is 12.7. The van der Waals surface area contributed by atoms with E-state index >= 15 is 0 Å². The van der Waals surface area contributed by atoms with Crippen LogP contribution in [0.15, 0.2) is 109 Å². The maximum absolute atomic E-state index is 12.7. The van der Waals surface area contributed by atoms with Gasteiger partial charge >= 0.3 is 17.9 Å². The largest absolute Gasteiger partial charge is 0.477 e. The number of aliphatic carboxylic acids is 1. The highest BCUT2D eigenvalue weighted by molar-refractivity contribution is 5.72. The van der Waals surface area contributed by atoms with Crippen molar-refractivity contribution in [2.75, 3.05) is 41.0 Å². The molecular weight excluding hydrogens is 715 g/mol. The number of hydrogen-bond donors (Lipinski definition) is 1. The zero-order valence-electron chi connectivity index (χ0n) is 36.2. The molecule has 0 saturated heterocycles. The smallest absolute Gasteiger partial charge is 0.362 e. The van der Waals surface area contributed by atoms with Gasteiger partial charge in [-0.25, -0.2) is 4.79 Å². The van der Waals surface area contributed by atoms with E-state index in [2.05, 4.69) is 111 Å². The fraction of sp³-hybridized carbons (Fsp3) is 0.571. The molecule has 8 nitrogen and oxygen atoms in total. The van der Waals surface area contributed by atoms with Gasteiger partial charge < -0.3 is 23.8 Å². The molecule has 2 unspecified atom stereocenters. The van der Waals surface area contributed by atoms with E-state index in [9.17, 15) is 19.5 Å². The number of rotatable bonds is 36. The monoisotopic (exact) mass is 793 g/mol. The van der Waals surface area contributed by atoms with E-state index in [1.54, 1.807) is 0 Å². The molecule has 0 heterocycles. The SMILES string of the molecule is CC/C=C/C/C=C/C/C=C/C/C=C/C/C=C/C/C=C/CCC(=O)OCC(COCCC(C(=O)O)[N+](C)(C)C)OC(=O)CCCCCC/C=C/C/C=C/C/C=C/CC. The van der Waals surface area contributed by atoms with Crippen LogP contribution in [-0.2, 0) is 28.6 Å². The zero-order chi connectivity index (χ0) is 42.1. The summed E-state index contributed by atoms with van der Waals surface area (Å²) >= 11 is 0. The fourth-order valence-electron chi connectivity index (χ4n) is 5.42. The Morgan fingerprint density at radius 2 is 0.965 bits per heavy atom. The number of unbranched alkanes of at least 4 members (excludes halogenated alkanes) is 4. The topological polar surface area (TPSA) is 99.1 Å². The number of esters is 2. The van der Waals surface area contributed by atoms with Gasteiger partial charge in [0.1, 0.15) is 6.61 Å². The van der Waals surface area contributed by atoms with Crippen molar-refractivity contribution >= 4 is 17.9 Å². The second-order valence-corrected chi connectivity index (χ2v) is 14.8. The van der Waals surface area contributed by atoms with E-state index in [4.69, 9.17) is 14.2 Å². The first-order valence-electron chi connectivity index (χ1n) is 21.4. The second kappa shape index (κ2) is 38.8. The standard InChI is InChI=1S/C49H77NO7/c1-6-8-10-12-14-16-18-20-22-23-24-25-26-28-29-31-33-35-37-39-47(51)56-44-45(43-55-42-41-46(49(53)54)50(3,4)5)57-48(52)40-38-36-34-32-30-27-21-19-17-15-13-11-9-7-2/h8-11,14-17,20-22,24-25,27-29,33,35,45-46H,6-7,12-13,18-19,23,26,30-32,34,36-44H2,1-5H3/p+1/b10-8+,11-9+,16-14+,17-15+,22-20+,25-24+,27-21+,29-28+,35-33+. The lowest BCUT2D eigenvalue weighted by atomic mass is 10.1. The maximum Gasteiger partial charge on any atom is 0.362 e. The summed E-state index contributed by atoms with van der Waals surface area (Å²) in [6.45, 7) is 4.37. The summed E-state index contributed by atoms with van der Waals surface area (Å²) in [5.74, 6) is -1.62. The third-order valence-electron chi connectivity index (χ3n) is 8.68. The van der Waals surface area contributed by atoms with Crippen LogP contribution in [0.5, 0.6) is 0 Å². The lowest BCUT2D eigenvalue weighted by molar-refractivity contribution is -0.887. The van der Waals surface area contributed by atoms with Gasteiger partial charge in [-0.05, 0) is 83.5 Å². The molecule has 0 aromatic heterocycles. The van der Waals surface area contributed by atoms with Gasteiger partial charge in [-0.15, -0.1) is 0 Å². The number of nitrogens with zero attached hydrogens (tertiary/aromatic N) is 1. The normalized spacial score (nSPS) is 14.1. The molecule has 0 aliphatic heterocycles. The van der Waals surface area contributed by atoms with Crippen LogP contribution in [0.4, 0.5) is 0 Å². The average molecular weight is 793 g/mol. The molecule has 0 amide bonds. The van der Waals surface area contributed by atoms with Crippen LogP contribution < -0.4 is 0 Å². The Hall–Kier alpha value is -4.01. The van der Waals surface area contributed by atoms with Gasteiger partial charge in [0.2, 0.25) is 0 Å². The van der Waals surface area contributed by atoms with Crippen molar-refractivity contribution in [1.29, 1.82) is 0 Å². The van der Waals surface area contributed by atoms with Gasteiger partial charge in [0.15, 0.2) is 12.1 Å². The molecule has 0 rings (SSSR count). The number of ether oxygens (including phenoxy) is 3. The lowest BCUT2D eigenvalue weighted by Gasteiger charge is -2.31. The quantitative estimate of drug-likeness (QED) is 0.0292. The molecule has 8 heteroatoms. The summed E-state index contributed by atoms with van der Waals surface area (Å²) < 4.78 is 17.1. The Morgan fingerprint density at radius 3 is 1.42 bits per heavy atom. The minimum Gasteiger partial charge on any atom is -0.477 e. The van der Waals surface area contributed by atoms with Gasteiger partial charge in [-0.2, -0.15) is 0 Å². The molecule has 0 spiro atoms. The second-order valence-electron chi connectivity index (χ2n) is 14.8. The van der Waals surface area contributed by atoms with E-state index in [0.717, 1.165) is 89.9 Å². The Balaban J connectivity index is 4.54. The Labute approximate surface area is 347 Å². The number of carbonyl (C=O) groups excluding carboxylic acids is 2. The van der Waals surface area contributed by atoms with Crippen LogP contribution in [0.2, 0.25) is 0 Å². The van der Waals surface area contributed by atoms with Gasteiger partial charge in [-0.1, -0.05) is 136 Å². The Bertz CT molecular complexity index is 1290. The van der Waals surface area contributed by atoms with Crippen molar-refractivity contribution in [2.24, 2.45) is 0 Å². The summed E-state index contributed by atoms with van der Waals surface area (Å²) in [5, 5.41) is 9.61. The van der Waals surface area contributed by atoms with Crippen molar-refractivity contribution in [3.05, 3.63) is 109 Å². The van der Waals surface area contributed by atoms with Crippen molar-refractivity contribution in [3.8, 4) is 0 Å². The van der Waals surface area contributed by atoms with Crippen LogP contribution in [0.25, 0.3) is 0 Å². The fourth-order valence-corrected chi connectivity index (χ4v) is 5.42. The van der Waals surface area contributed by atoms with Gasteiger partial charge in [0.25, 0.3) is 0 Å². The number of carbonyl (C=O) groups is 3. The first-order chi connectivity index (χ1) is 27.6. The molecule has 0 fully saturated rings. The molecule has 0 saturated carbocycles. The summed E-state index contributed by atoms with van der Waals surface area (Å²) in [6, 6.07) is -0.636. The Kier molecular flexibility index (Phi) is 36.1. The highest BCUT2D eigenvalue weighted by Crippen LogP contribution is 2.11. The average Bonchev–Trinajstić information content (AvgIpc) is 3.17. The lowest BCUT2D eigenvalue weighted by Crippen LogP contribution is -2.50. The molecule has 0 aromatic carbocycles. The van der Waals surface area contributed by atoms with E-state index in [-0.39, 0.29) is 49.1 Å². The highest BCUT2D eigenvalue weighted by atomic mass is 16.6. The van der Waals surface area contributed by atoms with Crippen molar-refractivity contribution in [3.63, 3.8) is 0 Å². The van der Waals surface area contributed by atoms with Crippen LogP contribution >= 0.6 is 0 Å². The predicted octanol–water partition coefficient (Wildman–Crippen LogP) is 11.7. The minimum atomic E-state index is -0.894. The van der Waals surface area contributed by atoms with Crippen molar-refractivity contribution < 1.29 is 38.2 Å². The molecule has 0 radical (unpaired) electrons. The van der Waals surface area contributed by atoms with Gasteiger partial charge in [0.05, 0.1) is 34.4 Å². The predicted molar refractivity (Wildman–Crippen MR) is 238 cm³/mol. The van der Waals surface area contributed by atoms with E-state index in [0.29, 0.717) is 12.8 Å². The van der Waals surface area contributed by atoms with Crippen LogP contribution in [0.1, 0.15) is 129 Å². The van der Waals surface area contributed by atoms with Crippen LogP contribution in [0, 0.1) is 0 Å². The molecule has 320 valence electrons. The number of likely N-dealkylation sites (N-methyl/N-ethyl adjacent to an activating group) is 1. The van der Waals surface area contributed by atoms with Crippen LogP contribution in [0.3, 0.4) is 0 Å². The first kappa shape index (κ1) is 53.0. The minimum absolute atomic E-state index is 0.0205. The van der Waals surface area contributed by atoms with E-state index in [1.807, 2.05) is 33.3 Å². The third kappa shape index (κ3) is 37.3. The molecule has 0 aliphatic rings. The molecule has 1 N–H and O–H groups in total. The van der Waals surface area contributed by atoms with Crippen LogP contribution in [-0.4, -0.2) is 80.6 Å². The Morgan fingerprint density at radius 1 is 0.526 bits per heavy atom. The van der Waals surface area contributed by atoms with Crippen molar-refractivity contribution in [2.45, 2.75) is 142 Å². The van der Waals surface area contributed by atoms with Gasteiger partial charge in [0, 0.05) is 19.3 Å². The number of carboxylic acids is 1. The summed E-state index contributed by atoms with van der Waals surface area (Å²) in [5.41, 5.74) is 0. The highest BCUT2D eigenvalue weighted by Gasteiger charge is 2.31. The van der Waals surface area contributed by atoms with E-state index in [1.165, 1.54) is 0 Å². The molecule has 0 bridgehead atoms. The summed E-state index contributed by atoms with van der Waals surface area (Å²) in [7, 11) is 5.48. The van der Waals surface area contributed by atoms with E-state index < -0.39 is 18.1 Å². The summed E-state index contributed by atoms with van der Waals surface area (Å²) in [4.78, 5) is 36.9. The van der Waals surface area contributed by atoms with Gasteiger partial charge in [-0.3, -0.25) is 9.59 Å². The number of carboxylic acid groups (broad SMARTS) is 1.